The molecule has 0 fully saturated rings. The van der Waals surface area contributed by atoms with Crippen LogP contribution in [-0.2, 0) is 13.5 Å². The molecule has 5 heteroatoms. The molecule has 0 saturated heterocycles. The van der Waals surface area contributed by atoms with Gasteiger partial charge in [0.25, 0.3) is 0 Å². The van der Waals surface area contributed by atoms with Crippen LogP contribution < -0.4 is 5.32 Å². The average molecular weight is 401 g/mol. The summed E-state index contributed by atoms with van der Waals surface area (Å²) in [5.74, 6) is 0. The Bertz CT molecular complexity index is 620. The van der Waals surface area contributed by atoms with Gasteiger partial charge in [0.1, 0.15) is 0 Å². The first-order valence-corrected chi connectivity index (χ1v) is 8.14. The number of nitrogens with one attached hydrogen (secondary N) is 1. The second-order valence-corrected chi connectivity index (χ2v) is 6.58. The molecule has 2 aromatic rings. The predicted molar refractivity (Wildman–Crippen MR) is 90.0 cm³/mol. The lowest BCUT2D eigenvalue weighted by molar-refractivity contribution is 0.558. The summed E-state index contributed by atoms with van der Waals surface area (Å²) in [6.07, 6.45) is 0.885. The van der Waals surface area contributed by atoms with Gasteiger partial charge in [0.2, 0.25) is 0 Å². The molecule has 1 heterocycles. The molecule has 0 aliphatic carbocycles. The third kappa shape index (κ3) is 3.00. The molecule has 1 aromatic heterocycles. The quantitative estimate of drug-likeness (QED) is 0.838. The zero-order valence-electron chi connectivity index (χ0n) is 12.2. The van der Waals surface area contributed by atoms with Crippen LogP contribution in [0.4, 0.5) is 0 Å². The zero-order valence-corrected chi connectivity index (χ0v) is 15.3. The summed E-state index contributed by atoms with van der Waals surface area (Å²) in [5, 5.41) is 7.87. The molecule has 3 nitrogen and oxygen atoms in total. The summed E-state index contributed by atoms with van der Waals surface area (Å²) in [6.45, 7) is 4.13. The van der Waals surface area contributed by atoms with Crippen molar-refractivity contribution in [1.29, 1.82) is 0 Å². The number of hydrogen-bond donors (Lipinski definition) is 1. The molecule has 1 aromatic carbocycles. The minimum absolute atomic E-state index is 0.246. The van der Waals surface area contributed by atoms with Gasteiger partial charge in [-0.3, -0.25) is 4.68 Å². The fourth-order valence-corrected chi connectivity index (χ4v) is 3.44. The van der Waals surface area contributed by atoms with Crippen LogP contribution in [0.1, 0.15) is 28.6 Å². The van der Waals surface area contributed by atoms with E-state index in [4.69, 9.17) is 0 Å². The number of nitrogens with zero attached hydrogens (tertiary/aromatic N) is 2. The lowest BCUT2D eigenvalue weighted by Gasteiger charge is -2.19. The number of hydrogen-bond acceptors (Lipinski definition) is 2. The standard InChI is InChI=1S/C15H19Br2N3/c1-9-6-5-7-11(14(9)16)12(18-3)8-13-15(17)10(2)19-20(13)4/h5-7,12,18H,8H2,1-4H3. The van der Waals surface area contributed by atoms with Crippen LogP contribution in [0, 0.1) is 13.8 Å². The third-order valence-corrected chi connectivity index (χ3v) is 5.72. The van der Waals surface area contributed by atoms with E-state index in [-0.39, 0.29) is 6.04 Å². The maximum absolute atomic E-state index is 4.46. The highest BCUT2D eigenvalue weighted by atomic mass is 79.9. The van der Waals surface area contributed by atoms with Crippen molar-refractivity contribution in [3.8, 4) is 0 Å². The van der Waals surface area contributed by atoms with Crippen molar-refractivity contribution in [3.05, 3.63) is 49.7 Å². The maximum Gasteiger partial charge on any atom is 0.0738 e. The molecule has 1 atom stereocenters. The second kappa shape index (κ2) is 6.41. The fraction of sp³-hybridized carbons (Fsp3) is 0.400. The number of aromatic nitrogens is 2. The largest absolute Gasteiger partial charge is 0.313 e. The highest BCUT2D eigenvalue weighted by molar-refractivity contribution is 9.10. The Hall–Kier alpha value is -0.650. The van der Waals surface area contributed by atoms with Crippen LogP contribution in [0.15, 0.2) is 27.1 Å². The molecule has 1 N–H and O–H groups in total. The SMILES string of the molecule is CNC(Cc1c(Br)c(C)nn1C)c1cccc(C)c1Br. The van der Waals surface area contributed by atoms with Gasteiger partial charge in [0.15, 0.2) is 0 Å². The van der Waals surface area contributed by atoms with E-state index in [0.717, 1.165) is 16.6 Å². The first-order valence-electron chi connectivity index (χ1n) is 6.56. The molecule has 0 amide bonds. The number of likely N-dealkylation sites (N-methyl/N-ethyl adjacent to an activating group) is 1. The summed E-state index contributed by atoms with van der Waals surface area (Å²) < 4.78 is 4.23. The Labute approximate surface area is 137 Å². The van der Waals surface area contributed by atoms with Crippen molar-refractivity contribution >= 4 is 31.9 Å². The Kier molecular flexibility index (Phi) is 5.04. The van der Waals surface area contributed by atoms with Crippen molar-refractivity contribution in [2.24, 2.45) is 7.05 Å². The average Bonchev–Trinajstić information content (AvgIpc) is 2.65. The molecule has 0 bridgehead atoms. The number of benzene rings is 1. The summed E-state index contributed by atoms with van der Waals surface area (Å²) in [5.41, 5.74) is 4.76. The molecule has 0 saturated carbocycles. The lowest BCUT2D eigenvalue weighted by atomic mass is 10.00. The zero-order chi connectivity index (χ0) is 14.9. The van der Waals surface area contributed by atoms with Crippen LogP contribution >= 0.6 is 31.9 Å². The van der Waals surface area contributed by atoms with Gasteiger partial charge in [0.05, 0.1) is 15.9 Å². The Balaban J connectivity index is 2.36. The predicted octanol–water partition coefficient (Wildman–Crippen LogP) is 4.07. The van der Waals surface area contributed by atoms with E-state index in [0.29, 0.717) is 0 Å². The van der Waals surface area contributed by atoms with Gasteiger partial charge in [-0.1, -0.05) is 34.1 Å². The molecule has 20 heavy (non-hydrogen) atoms. The fourth-order valence-electron chi connectivity index (χ4n) is 2.40. The molecular weight excluding hydrogens is 382 g/mol. The third-order valence-electron chi connectivity index (χ3n) is 3.60. The smallest absolute Gasteiger partial charge is 0.0738 e. The second-order valence-electron chi connectivity index (χ2n) is 4.99. The lowest BCUT2D eigenvalue weighted by Crippen LogP contribution is -2.21. The molecule has 2 rings (SSSR count). The topological polar surface area (TPSA) is 29.9 Å². The number of halogens is 2. The van der Waals surface area contributed by atoms with Crippen molar-refractivity contribution in [1.82, 2.24) is 15.1 Å². The highest BCUT2D eigenvalue weighted by Crippen LogP contribution is 2.31. The molecule has 0 radical (unpaired) electrons. The van der Waals surface area contributed by atoms with Crippen molar-refractivity contribution in [2.45, 2.75) is 26.3 Å². The Morgan fingerprint density at radius 1 is 1.25 bits per heavy atom. The summed E-state index contributed by atoms with van der Waals surface area (Å²) >= 11 is 7.34. The maximum atomic E-state index is 4.46. The first kappa shape index (κ1) is 15.7. The Morgan fingerprint density at radius 3 is 2.50 bits per heavy atom. The van der Waals surface area contributed by atoms with Gasteiger partial charge < -0.3 is 5.32 Å². The van der Waals surface area contributed by atoms with E-state index in [1.54, 1.807) is 0 Å². The summed E-state index contributed by atoms with van der Waals surface area (Å²) in [4.78, 5) is 0. The van der Waals surface area contributed by atoms with E-state index in [2.05, 4.69) is 67.4 Å². The van der Waals surface area contributed by atoms with E-state index in [1.165, 1.54) is 21.3 Å². The monoisotopic (exact) mass is 399 g/mol. The molecule has 0 spiro atoms. The van der Waals surface area contributed by atoms with Gasteiger partial charge in [0, 0.05) is 24.0 Å². The van der Waals surface area contributed by atoms with Crippen LogP contribution in [0.3, 0.4) is 0 Å². The van der Waals surface area contributed by atoms with Gasteiger partial charge in [-0.2, -0.15) is 5.10 Å². The van der Waals surface area contributed by atoms with Crippen molar-refractivity contribution in [3.63, 3.8) is 0 Å². The van der Waals surface area contributed by atoms with Crippen LogP contribution in [0.25, 0.3) is 0 Å². The molecule has 0 aliphatic heterocycles. The van der Waals surface area contributed by atoms with Crippen molar-refractivity contribution in [2.75, 3.05) is 7.05 Å². The van der Waals surface area contributed by atoms with Gasteiger partial charge in [-0.25, -0.2) is 0 Å². The van der Waals surface area contributed by atoms with E-state index < -0.39 is 0 Å². The molecule has 108 valence electrons. The van der Waals surface area contributed by atoms with E-state index in [1.807, 2.05) is 25.7 Å². The van der Waals surface area contributed by atoms with E-state index >= 15 is 0 Å². The normalized spacial score (nSPS) is 12.7. The minimum atomic E-state index is 0.246. The molecular formula is C15H19Br2N3. The van der Waals surface area contributed by atoms with Crippen LogP contribution in [0.5, 0.6) is 0 Å². The molecule has 1 unspecified atom stereocenters. The van der Waals surface area contributed by atoms with Crippen LogP contribution in [0.2, 0.25) is 0 Å². The highest BCUT2D eigenvalue weighted by Gasteiger charge is 2.19. The first-order chi connectivity index (χ1) is 9.45. The van der Waals surface area contributed by atoms with Crippen LogP contribution in [-0.4, -0.2) is 16.8 Å². The number of aryl methyl sites for hydroxylation is 3. The minimum Gasteiger partial charge on any atom is -0.313 e. The summed E-state index contributed by atoms with van der Waals surface area (Å²) in [6, 6.07) is 6.62. The summed E-state index contributed by atoms with van der Waals surface area (Å²) in [7, 11) is 3.99. The van der Waals surface area contributed by atoms with E-state index in [9.17, 15) is 0 Å². The van der Waals surface area contributed by atoms with Crippen molar-refractivity contribution < 1.29 is 0 Å². The van der Waals surface area contributed by atoms with Gasteiger partial charge in [-0.15, -0.1) is 0 Å². The van der Waals surface area contributed by atoms with Gasteiger partial charge >= 0.3 is 0 Å². The van der Waals surface area contributed by atoms with Gasteiger partial charge in [-0.05, 0) is 48.0 Å². The Morgan fingerprint density at radius 2 is 1.95 bits per heavy atom. The number of rotatable bonds is 4. The molecule has 0 aliphatic rings.